The van der Waals surface area contributed by atoms with Crippen molar-refractivity contribution in [2.75, 3.05) is 18.1 Å². The molecule has 3 N–H and O–H groups in total. The zero-order chi connectivity index (χ0) is 14.3. The van der Waals surface area contributed by atoms with Gasteiger partial charge in [0, 0.05) is 25.1 Å². The number of anilines is 1. The Morgan fingerprint density at radius 1 is 1.53 bits per heavy atom. The molecule has 0 amide bonds. The highest BCUT2D eigenvalue weighted by atomic mass is 16.5. The summed E-state index contributed by atoms with van der Waals surface area (Å²) in [5, 5.41) is 11.6. The Morgan fingerprint density at radius 2 is 2.26 bits per heavy atom. The molecule has 0 aliphatic rings. The summed E-state index contributed by atoms with van der Waals surface area (Å²) in [6, 6.07) is 5.92. The van der Waals surface area contributed by atoms with Crippen LogP contribution in [0.5, 0.6) is 5.88 Å². The predicted molar refractivity (Wildman–Crippen MR) is 75.9 cm³/mol. The summed E-state index contributed by atoms with van der Waals surface area (Å²) in [6.45, 7) is 7.29. The number of nitrogens with two attached hydrogens (primary N) is 1. The first-order valence-electron chi connectivity index (χ1n) is 6.41. The fourth-order valence-electron chi connectivity index (χ4n) is 1.71. The number of oxime groups is 1. The molecule has 1 rings (SSSR count). The minimum absolute atomic E-state index is 0.214. The van der Waals surface area contributed by atoms with E-state index in [9.17, 15) is 0 Å². The zero-order valence-corrected chi connectivity index (χ0v) is 11.7. The summed E-state index contributed by atoms with van der Waals surface area (Å²) >= 11 is 0. The first-order valence-corrected chi connectivity index (χ1v) is 6.41. The molecule has 0 radical (unpaired) electrons. The molecule has 1 aromatic heterocycles. The van der Waals surface area contributed by atoms with E-state index in [1.54, 1.807) is 0 Å². The van der Waals surface area contributed by atoms with Crippen LogP contribution in [0.2, 0.25) is 0 Å². The molecule has 0 aliphatic carbocycles. The molecular formula is C13H22N4O2. The third-order valence-electron chi connectivity index (χ3n) is 2.66. The van der Waals surface area contributed by atoms with Gasteiger partial charge in [-0.1, -0.05) is 11.2 Å². The molecule has 19 heavy (non-hydrogen) atoms. The van der Waals surface area contributed by atoms with E-state index in [1.807, 2.05) is 25.1 Å². The van der Waals surface area contributed by atoms with Crippen LogP contribution in [-0.2, 0) is 0 Å². The minimum atomic E-state index is 0.214. The lowest BCUT2D eigenvalue weighted by Crippen LogP contribution is -2.34. The van der Waals surface area contributed by atoms with Crippen LogP contribution in [0, 0.1) is 0 Å². The van der Waals surface area contributed by atoms with E-state index in [-0.39, 0.29) is 11.9 Å². The van der Waals surface area contributed by atoms with Gasteiger partial charge in [-0.15, -0.1) is 0 Å². The van der Waals surface area contributed by atoms with Crippen LogP contribution in [0.4, 0.5) is 5.82 Å². The van der Waals surface area contributed by atoms with Gasteiger partial charge in [-0.2, -0.15) is 4.98 Å². The third-order valence-corrected chi connectivity index (χ3v) is 2.66. The monoisotopic (exact) mass is 266 g/mol. The summed E-state index contributed by atoms with van der Waals surface area (Å²) in [6.07, 6.45) is 0.481. The van der Waals surface area contributed by atoms with Crippen LogP contribution < -0.4 is 15.4 Å². The largest absolute Gasteiger partial charge is 0.478 e. The molecule has 0 aliphatic heterocycles. The highest BCUT2D eigenvalue weighted by Gasteiger charge is 2.13. The highest BCUT2D eigenvalue weighted by molar-refractivity contribution is 5.80. The zero-order valence-electron chi connectivity index (χ0n) is 11.7. The van der Waals surface area contributed by atoms with Crippen molar-refractivity contribution in [1.29, 1.82) is 0 Å². The minimum Gasteiger partial charge on any atom is -0.478 e. The number of amidine groups is 1. The molecule has 1 aromatic rings. The average Bonchev–Trinajstić information content (AvgIpc) is 2.39. The second-order valence-electron chi connectivity index (χ2n) is 4.40. The van der Waals surface area contributed by atoms with Gasteiger partial charge in [-0.3, -0.25) is 0 Å². The van der Waals surface area contributed by atoms with Crippen LogP contribution in [0.3, 0.4) is 0 Å². The van der Waals surface area contributed by atoms with E-state index in [1.165, 1.54) is 0 Å². The van der Waals surface area contributed by atoms with Crippen molar-refractivity contribution >= 4 is 11.7 Å². The van der Waals surface area contributed by atoms with Crippen molar-refractivity contribution in [3.63, 3.8) is 0 Å². The van der Waals surface area contributed by atoms with Crippen molar-refractivity contribution in [3.8, 4) is 5.88 Å². The van der Waals surface area contributed by atoms with Gasteiger partial charge in [-0.05, 0) is 26.8 Å². The summed E-state index contributed by atoms with van der Waals surface area (Å²) < 4.78 is 5.40. The number of nitrogens with zero attached hydrogens (tertiary/aromatic N) is 3. The van der Waals surface area contributed by atoms with E-state index in [4.69, 9.17) is 15.7 Å². The van der Waals surface area contributed by atoms with Crippen LogP contribution in [0.25, 0.3) is 0 Å². The summed E-state index contributed by atoms with van der Waals surface area (Å²) in [7, 11) is 0. The predicted octanol–water partition coefficient (Wildman–Crippen LogP) is 1.83. The summed E-state index contributed by atoms with van der Waals surface area (Å²) in [5.74, 6) is 1.65. The highest BCUT2D eigenvalue weighted by Crippen LogP contribution is 2.18. The van der Waals surface area contributed by atoms with Crippen LogP contribution in [0.1, 0.15) is 27.2 Å². The maximum Gasteiger partial charge on any atom is 0.215 e. The van der Waals surface area contributed by atoms with Gasteiger partial charge in [0.25, 0.3) is 0 Å². The van der Waals surface area contributed by atoms with Gasteiger partial charge in [0.2, 0.25) is 5.88 Å². The maximum absolute atomic E-state index is 8.58. The number of hydrogen-bond acceptors (Lipinski definition) is 5. The van der Waals surface area contributed by atoms with Crippen LogP contribution >= 0.6 is 0 Å². The number of aromatic nitrogens is 1. The van der Waals surface area contributed by atoms with Crippen molar-refractivity contribution in [2.45, 2.75) is 33.2 Å². The Hall–Kier alpha value is -1.98. The summed E-state index contributed by atoms with van der Waals surface area (Å²) in [4.78, 5) is 6.53. The van der Waals surface area contributed by atoms with Crippen molar-refractivity contribution < 1.29 is 9.94 Å². The van der Waals surface area contributed by atoms with E-state index in [2.05, 4.69) is 28.9 Å². The van der Waals surface area contributed by atoms with Gasteiger partial charge in [-0.25, -0.2) is 0 Å². The Balaban J connectivity index is 2.83. The fourth-order valence-corrected chi connectivity index (χ4v) is 1.71. The number of rotatable bonds is 7. The second-order valence-corrected chi connectivity index (χ2v) is 4.40. The van der Waals surface area contributed by atoms with Gasteiger partial charge in [0.05, 0.1) is 6.61 Å². The van der Waals surface area contributed by atoms with E-state index in [0.717, 1.165) is 5.82 Å². The molecular weight excluding hydrogens is 244 g/mol. The van der Waals surface area contributed by atoms with Crippen molar-refractivity contribution in [2.24, 2.45) is 10.9 Å². The Kier molecular flexibility index (Phi) is 5.92. The Morgan fingerprint density at radius 3 is 2.84 bits per heavy atom. The molecule has 6 heteroatoms. The molecule has 6 nitrogen and oxygen atoms in total. The van der Waals surface area contributed by atoms with Crippen molar-refractivity contribution in [1.82, 2.24) is 4.98 Å². The summed E-state index contributed by atoms with van der Waals surface area (Å²) in [5.41, 5.74) is 5.51. The van der Waals surface area contributed by atoms with E-state index >= 15 is 0 Å². The van der Waals surface area contributed by atoms with E-state index in [0.29, 0.717) is 25.5 Å². The molecule has 0 unspecified atom stereocenters. The smallest absolute Gasteiger partial charge is 0.215 e. The number of hydrogen-bond donors (Lipinski definition) is 2. The van der Waals surface area contributed by atoms with Gasteiger partial charge < -0.3 is 20.6 Å². The Labute approximate surface area is 113 Å². The molecule has 0 fully saturated rings. The third kappa shape index (κ3) is 4.65. The first-order chi connectivity index (χ1) is 9.08. The second kappa shape index (κ2) is 7.45. The van der Waals surface area contributed by atoms with Crippen LogP contribution in [-0.4, -0.2) is 35.2 Å². The van der Waals surface area contributed by atoms with Gasteiger partial charge in [0.15, 0.2) is 0 Å². The molecule has 0 saturated carbocycles. The van der Waals surface area contributed by atoms with E-state index < -0.39 is 0 Å². The lowest BCUT2D eigenvalue weighted by molar-refractivity contribution is 0.316. The molecule has 0 saturated heterocycles. The molecule has 0 atom stereocenters. The van der Waals surface area contributed by atoms with Crippen LogP contribution in [0.15, 0.2) is 23.4 Å². The molecule has 0 bridgehead atoms. The van der Waals surface area contributed by atoms with Crippen molar-refractivity contribution in [3.05, 3.63) is 18.2 Å². The molecule has 106 valence electrons. The molecule has 0 spiro atoms. The Bertz CT molecular complexity index is 421. The quantitative estimate of drug-likeness (QED) is 0.340. The number of ether oxygens (including phenoxy) is 1. The SMILES string of the molecule is CCOc1cccc(N(CCC(N)=NO)C(C)C)n1. The maximum atomic E-state index is 8.58. The fraction of sp³-hybridized carbons (Fsp3) is 0.538. The lowest BCUT2D eigenvalue weighted by Gasteiger charge is -2.27. The first kappa shape index (κ1) is 15.1. The normalized spacial score (nSPS) is 11.7. The number of pyridine rings is 1. The van der Waals surface area contributed by atoms with Gasteiger partial charge in [0.1, 0.15) is 11.7 Å². The standard InChI is InChI=1S/C13H22N4O2/c1-4-19-13-7-5-6-12(15-13)17(10(2)3)9-8-11(14)16-18/h5-7,10,18H,4,8-9H2,1-3H3,(H2,14,16). The van der Waals surface area contributed by atoms with Gasteiger partial charge >= 0.3 is 0 Å². The molecule has 1 heterocycles. The lowest BCUT2D eigenvalue weighted by atomic mass is 10.2. The average molecular weight is 266 g/mol. The molecule has 0 aromatic carbocycles. The topological polar surface area (TPSA) is 84.0 Å².